The Bertz CT molecular complexity index is 746. The monoisotopic (exact) mass is 251 g/mol. The highest BCUT2D eigenvalue weighted by molar-refractivity contribution is 5.91. The molecule has 0 spiro atoms. The average Bonchev–Trinajstić information content (AvgIpc) is 2.82. The van der Waals surface area contributed by atoms with Crippen molar-refractivity contribution in [1.82, 2.24) is 9.55 Å². The van der Waals surface area contributed by atoms with Gasteiger partial charge in [0.1, 0.15) is 5.65 Å². The summed E-state index contributed by atoms with van der Waals surface area (Å²) in [5, 5.41) is 3.91. The smallest absolute Gasteiger partial charge is 0.221 e. The highest BCUT2D eigenvalue weighted by atomic mass is 16.1. The summed E-state index contributed by atoms with van der Waals surface area (Å²) < 4.78 is 1.97. The maximum absolute atomic E-state index is 11.3. The molecule has 0 atom stereocenters. The lowest BCUT2D eigenvalue weighted by molar-refractivity contribution is -0.114. The van der Waals surface area contributed by atoms with E-state index in [0.29, 0.717) is 0 Å². The molecular weight excluding hydrogens is 238 g/mol. The van der Waals surface area contributed by atoms with Gasteiger partial charge in [0.25, 0.3) is 0 Å². The zero-order valence-corrected chi connectivity index (χ0v) is 10.5. The van der Waals surface area contributed by atoms with E-state index in [2.05, 4.69) is 10.3 Å². The van der Waals surface area contributed by atoms with E-state index < -0.39 is 0 Å². The Balaban J connectivity index is 2.19. The van der Waals surface area contributed by atoms with Crippen molar-refractivity contribution in [2.24, 2.45) is 0 Å². The number of hydrogen-bond acceptors (Lipinski definition) is 2. The van der Waals surface area contributed by atoms with Crippen LogP contribution in [0.3, 0.4) is 0 Å². The van der Waals surface area contributed by atoms with Crippen LogP contribution in [0.25, 0.3) is 16.7 Å². The highest BCUT2D eigenvalue weighted by Crippen LogP contribution is 2.24. The molecule has 0 fully saturated rings. The fourth-order valence-corrected chi connectivity index (χ4v) is 2.14. The summed E-state index contributed by atoms with van der Waals surface area (Å²) in [5.74, 6) is -0.0862. The average molecular weight is 251 g/mol. The van der Waals surface area contributed by atoms with Gasteiger partial charge in [-0.3, -0.25) is 9.36 Å². The van der Waals surface area contributed by atoms with Crippen LogP contribution in [0.15, 0.2) is 54.9 Å². The summed E-state index contributed by atoms with van der Waals surface area (Å²) in [4.78, 5) is 15.7. The van der Waals surface area contributed by atoms with Gasteiger partial charge in [0.05, 0.1) is 11.4 Å². The molecule has 4 nitrogen and oxygen atoms in total. The predicted molar refractivity (Wildman–Crippen MR) is 75.4 cm³/mol. The van der Waals surface area contributed by atoms with Crippen molar-refractivity contribution in [3.05, 3.63) is 54.9 Å². The molecule has 4 heteroatoms. The normalized spacial score (nSPS) is 10.6. The van der Waals surface area contributed by atoms with E-state index in [9.17, 15) is 4.79 Å². The minimum Gasteiger partial charge on any atom is -0.325 e. The number of nitrogens with zero attached hydrogens (tertiary/aromatic N) is 2. The molecule has 0 aliphatic carbocycles. The number of carbonyl (C=O) groups is 1. The van der Waals surface area contributed by atoms with Gasteiger partial charge in [-0.25, -0.2) is 4.98 Å². The van der Waals surface area contributed by atoms with Crippen molar-refractivity contribution in [2.45, 2.75) is 6.92 Å². The number of para-hydroxylation sites is 2. The lowest BCUT2D eigenvalue weighted by Gasteiger charge is -2.11. The second-order valence-corrected chi connectivity index (χ2v) is 4.30. The van der Waals surface area contributed by atoms with Crippen LogP contribution < -0.4 is 5.32 Å². The summed E-state index contributed by atoms with van der Waals surface area (Å²) >= 11 is 0. The molecule has 0 aliphatic rings. The van der Waals surface area contributed by atoms with Crippen LogP contribution >= 0.6 is 0 Å². The van der Waals surface area contributed by atoms with Gasteiger partial charge in [0, 0.05) is 24.7 Å². The van der Waals surface area contributed by atoms with E-state index in [4.69, 9.17) is 0 Å². The van der Waals surface area contributed by atoms with E-state index in [0.717, 1.165) is 22.4 Å². The largest absolute Gasteiger partial charge is 0.325 e. The van der Waals surface area contributed by atoms with Gasteiger partial charge in [0.15, 0.2) is 0 Å². The topological polar surface area (TPSA) is 46.9 Å². The van der Waals surface area contributed by atoms with E-state index in [1.807, 2.05) is 53.2 Å². The van der Waals surface area contributed by atoms with Crippen molar-refractivity contribution < 1.29 is 4.79 Å². The predicted octanol–water partition coefficient (Wildman–Crippen LogP) is 2.98. The molecule has 0 saturated carbocycles. The first kappa shape index (κ1) is 11.5. The number of pyridine rings is 1. The number of anilines is 1. The first-order valence-corrected chi connectivity index (χ1v) is 6.05. The highest BCUT2D eigenvalue weighted by Gasteiger charge is 2.08. The molecule has 0 radical (unpaired) electrons. The van der Waals surface area contributed by atoms with Crippen LogP contribution in [0.4, 0.5) is 5.69 Å². The number of carbonyl (C=O) groups excluding carboxylic acids is 1. The van der Waals surface area contributed by atoms with E-state index in [1.165, 1.54) is 6.92 Å². The number of amides is 1. The van der Waals surface area contributed by atoms with Crippen LogP contribution in [0.5, 0.6) is 0 Å². The molecule has 1 aromatic carbocycles. The molecule has 3 rings (SSSR count). The van der Waals surface area contributed by atoms with Crippen molar-refractivity contribution in [2.75, 3.05) is 5.32 Å². The molecule has 3 aromatic rings. The number of fused-ring (bicyclic) bond motifs is 1. The lowest BCUT2D eigenvalue weighted by Crippen LogP contribution is -2.09. The van der Waals surface area contributed by atoms with E-state index >= 15 is 0 Å². The Kier molecular flexibility index (Phi) is 2.76. The number of benzene rings is 1. The van der Waals surface area contributed by atoms with Crippen molar-refractivity contribution in [1.29, 1.82) is 0 Å². The summed E-state index contributed by atoms with van der Waals surface area (Å²) in [6.07, 6.45) is 3.72. The van der Waals surface area contributed by atoms with Crippen LogP contribution in [0, 0.1) is 0 Å². The molecule has 1 N–H and O–H groups in total. The molecule has 0 aliphatic heterocycles. The molecular formula is C15H13N3O. The minimum atomic E-state index is -0.0862. The summed E-state index contributed by atoms with van der Waals surface area (Å²) in [6.45, 7) is 1.50. The molecule has 0 saturated heterocycles. The maximum atomic E-state index is 11.3. The molecule has 1 amide bonds. The van der Waals surface area contributed by atoms with Crippen molar-refractivity contribution in [3.63, 3.8) is 0 Å². The quantitative estimate of drug-likeness (QED) is 0.761. The summed E-state index contributed by atoms with van der Waals surface area (Å²) in [7, 11) is 0. The van der Waals surface area contributed by atoms with Gasteiger partial charge >= 0.3 is 0 Å². The standard InChI is InChI=1S/C15H13N3O/c1-11(19)17-13-6-2-3-7-14(13)18-10-8-12-5-4-9-16-15(12)18/h2-10H,1H3,(H,17,19). The van der Waals surface area contributed by atoms with Gasteiger partial charge in [-0.1, -0.05) is 12.1 Å². The fourth-order valence-electron chi connectivity index (χ4n) is 2.14. The van der Waals surface area contributed by atoms with E-state index in [-0.39, 0.29) is 5.91 Å². The first-order valence-electron chi connectivity index (χ1n) is 6.05. The van der Waals surface area contributed by atoms with Gasteiger partial charge in [-0.05, 0) is 30.3 Å². The molecule has 19 heavy (non-hydrogen) atoms. The number of nitrogens with one attached hydrogen (secondary N) is 1. The second-order valence-electron chi connectivity index (χ2n) is 4.30. The Morgan fingerprint density at radius 3 is 2.84 bits per heavy atom. The third-order valence-electron chi connectivity index (χ3n) is 2.92. The van der Waals surface area contributed by atoms with Crippen LogP contribution in [0.1, 0.15) is 6.92 Å². The second kappa shape index (κ2) is 4.57. The molecule has 0 unspecified atom stereocenters. The van der Waals surface area contributed by atoms with Crippen LogP contribution in [0.2, 0.25) is 0 Å². The molecule has 94 valence electrons. The van der Waals surface area contributed by atoms with Crippen molar-refractivity contribution in [3.8, 4) is 5.69 Å². The van der Waals surface area contributed by atoms with Gasteiger partial charge in [-0.15, -0.1) is 0 Å². The van der Waals surface area contributed by atoms with Crippen LogP contribution in [-0.4, -0.2) is 15.5 Å². The first-order chi connectivity index (χ1) is 9.25. The van der Waals surface area contributed by atoms with Gasteiger partial charge in [0.2, 0.25) is 5.91 Å². The third-order valence-corrected chi connectivity index (χ3v) is 2.92. The minimum absolute atomic E-state index is 0.0862. The Morgan fingerprint density at radius 1 is 1.16 bits per heavy atom. The Morgan fingerprint density at radius 2 is 2.00 bits per heavy atom. The zero-order valence-electron chi connectivity index (χ0n) is 10.5. The Labute approximate surface area is 110 Å². The lowest BCUT2D eigenvalue weighted by atomic mass is 10.2. The Hall–Kier alpha value is -2.62. The maximum Gasteiger partial charge on any atom is 0.221 e. The summed E-state index contributed by atoms with van der Waals surface area (Å²) in [5.41, 5.74) is 2.56. The van der Waals surface area contributed by atoms with Gasteiger partial charge in [-0.2, -0.15) is 0 Å². The number of rotatable bonds is 2. The van der Waals surface area contributed by atoms with Gasteiger partial charge < -0.3 is 5.32 Å². The summed E-state index contributed by atoms with van der Waals surface area (Å²) in [6, 6.07) is 13.6. The SMILES string of the molecule is CC(=O)Nc1ccccc1-n1ccc2cccnc21. The zero-order chi connectivity index (χ0) is 13.2. The van der Waals surface area contributed by atoms with E-state index in [1.54, 1.807) is 6.20 Å². The molecule has 0 bridgehead atoms. The molecule has 2 aromatic heterocycles. The van der Waals surface area contributed by atoms with Crippen molar-refractivity contribution >= 4 is 22.6 Å². The number of aromatic nitrogens is 2. The number of hydrogen-bond donors (Lipinski definition) is 1. The molecule has 2 heterocycles. The fraction of sp³-hybridized carbons (Fsp3) is 0.0667. The van der Waals surface area contributed by atoms with Crippen LogP contribution in [-0.2, 0) is 4.79 Å². The third kappa shape index (κ3) is 2.08.